The molecular weight excluding hydrogens is 298 g/mol. The number of hydrogen-bond donors (Lipinski definition) is 0. The maximum absolute atomic E-state index is 12.9. The summed E-state index contributed by atoms with van der Waals surface area (Å²) in [5.41, 5.74) is 0.704. The first-order valence-electron chi connectivity index (χ1n) is 5.67. The van der Waals surface area contributed by atoms with Crippen LogP contribution in [0.2, 0.25) is 0 Å². The molecule has 0 bridgehead atoms. The normalized spacial score (nSPS) is 12.1. The molecule has 0 N–H and O–H groups in total. The Kier molecular flexibility index (Phi) is 4.32. The van der Waals surface area contributed by atoms with Crippen molar-refractivity contribution in [1.82, 2.24) is 4.98 Å². The van der Waals surface area contributed by atoms with Crippen molar-refractivity contribution in [3.05, 3.63) is 36.0 Å². The minimum absolute atomic E-state index is 0.116. The number of ether oxygens (including phenoxy) is 1. The van der Waals surface area contributed by atoms with Gasteiger partial charge >= 0.3 is 12.3 Å². The van der Waals surface area contributed by atoms with Gasteiger partial charge in [-0.05, 0) is 17.0 Å². The second kappa shape index (κ2) is 5.83. The number of halogens is 5. The lowest BCUT2D eigenvalue weighted by atomic mass is 10.1. The summed E-state index contributed by atoms with van der Waals surface area (Å²) in [6.07, 6.45) is -2.40. The van der Waals surface area contributed by atoms with Crippen molar-refractivity contribution in [1.29, 1.82) is 0 Å². The van der Waals surface area contributed by atoms with Gasteiger partial charge in [0, 0.05) is 17.5 Å². The fourth-order valence-electron chi connectivity index (χ4n) is 1.67. The van der Waals surface area contributed by atoms with Gasteiger partial charge in [-0.3, -0.25) is 0 Å². The Morgan fingerprint density at radius 3 is 2.45 bits per heavy atom. The zero-order chi connectivity index (χ0) is 14.8. The van der Waals surface area contributed by atoms with E-state index in [-0.39, 0.29) is 11.8 Å². The maximum Gasteiger partial charge on any atom is 0.340 e. The molecule has 20 heavy (non-hydrogen) atoms. The zero-order valence-electron chi connectivity index (χ0n) is 10.1. The van der Waals surface area contributed by atoms with Crippen LogP contribution in [0.1, 0.15) is 5.56 Å². The SMILES string of the molecule is FC(F)C(F)(F)COc1ncc(CCl)c2ccccc12. The Morgan fingerprint density at radius 2 is 1.85 bits per heavy atom. The molecule has 2 aromatic rings. The van der Waals surface area contributed by atoms with E-state index in [1.54, 1.807) is 24.3 Å². The summed E-state index contributed by atoms with van der Waals surface area (Å²) in [5.74, 6) is -4.13. The van der Waals surface area contributed by atoms with E-state index in [1.807, 2.05) is 0 Å². The Bertz CT molecular complexity index is 606. The van der Waals surface area contributed by atoms with Gasteiger partial charge in [-0.15, -0.1) is 11.6 Å². The average Bonchev–Trinajstić information content (AvgIpc) is 2.44. The Hall–Kier alpha value is -1.56. The zero-order valence-corrected chi connectivity index (χ0v) is 10.9. The summed E-state index contributed by atoms with van der Waals surface area (Å²) >= 11 is 5.75. The minimum atomic E-state index is -4.21. The van der Waals surface area contributed by atoms with Crippen LogP contribution in [-0.4, -0.2) is 23.9 Å². The summed E-state index contributed by atoms with van der Waals surface area (Å²) in [7, 11) is 0. The third-order valence-electron chi connectivity index (χ3n) is 2.71. The van der Waals surface area contributed by atoms with Crippen molar-refractivity contribution in [2.45, 2.75) is 18.2 Å². The minimum Gasteiger partial charge on any atom is -0.471 e. The summed E-state index contributed by atoms with van der Waals surface area (Å²) < 4.78 is 54.6. The number of aromatic nitrogens is 1. The van der Waals surface area contributed by atoms with Crippen LogP contribution >= 0.6 is 11.6 Å². The van der Waals surface area contributed by atoms with Gasteiger partial charge in [0.05, 0.1) is 0 Å². The highest BCUT2D eigenvalue weighted by Gasteiger charge is 2.42. The molecule has 0 fully saturated rings. The molecule has 0 atom stereocenters. The highest BCUT2D eigenvalue weighted by Crippen LogP contribution is 2.29. The molecule has 0 spiro atoms. The van der Waals surface area contributed by atoms with E-state index in [2.05, 4.69) is 4.98 Å². The van der Waals surface area contributed by atoms with Gasteiger partial charge in [0.15, 0.2) is 6.61 Å². The summed E-state index contributed by atoms with van der Waals surface area (Å²) in [6.45, 7) is -1.43. The highest BCUT2D eigenvalue weighted by molar-refractivity contribution is 6.18. The van der Waals surface area contributed by atoms with Gasteiger partial charge in [0.2, 0.25) is 5.88 Å². The number of hydrogen-bond acceptors (Lipinski definition) is 2. The van der Waals surface area contributed by atoms with Crippen LogP contribution in [0.15, 0.2) is 30.5 Å². The van der Waals surface area contributed by atoms with Crippen molar-refractivity contribution in [3.63, 3.8) is 0 Å². The van der Waals surface area contributed by atoms with Crippen molar-refractivity contribution in [2.24, 2.45) is 0 Å². The van der Waals surface area contributed by atoms with E-state index >= 15 is 0 Å². The molecule has 108 valence electrons. The quantitative estimate of drug-likeness (QED) is 0.608. The smallest absolute Gasteiger partial charge is 0.340 e. The molecule has 0 unspecified atom stereocenters. The largest absolute Gasteiger partial charge is 0.471 e. The molecule has 0 amide bonds. The summed E-state index contributed by atoms with van der Waals surface area (Å²) in [5, 5.41) is 1.14. The second-order valence-electron chi connectivity index (χ2n) is 4.12. The van der Waals surface area contributed by atoms with Crippen molar-refractivity contribution in [3.8, 4) is 5.88 Å². The fraction of sp³-hybridized carbons (Fsp3) is 0.308. The Balaban J connectivity index is 2.32. The standard InChI is InChI=1S/C13H10ClF4NO/c14-5-8-6-19-11(10-4-2-1-3-9(8)10)20-7-13(17,18)12(15)16/h1-4,6,12H,5,7H2. The van der Waals surface area contributed by atoms with E-state index in [1.165, 1.54) is 6.20 Å². The molecule has 0 saturated heterocycles. The molecule has 0 aliphatic carbocycles. The van der Waals surface area contributed by atoms with Gasteiger partial charge in [0.1, 0.15) is 0 Å². The number of pyridine rings is 1. The van der Waals surface area contributed by atoms with Crippen LogP contribution in [-0.2, 0) is 5.88 Å². The predicted molar refractivity (Wildman–Crippen MR) is 67.7 cm³/mol. The van der Waals surface area contributed by atoms with Crippen LogP contribution in [0.25, 0.3) is 10.8 Å². The van der Waals surface area contributed by atoms with Crippen molar-refractivity contribution < 1.29 is 22.3 Å². The monoisotopic (exact) mass is 307 g/mol. The third kappa shape index (κ3) is 2.95. The average molecular weight is 308 g/mol. The fourth-order valence-corrected chi connectivity index (χ4v) is 1.89. The second-order valence-corrected chi connectivity index (χ2v) is 4.39. The number of alkyl halides is 5. The predicted octanol–water partition coefficient (Wildman–Crippen LogP) is 4.25. The first-order valence-corrected chi connectivity index (χ1v) is 6.20. The molecule has 0 aliphatic heterocycles. The Labute approximate surface area is 117 Å². The van der Waals surface area contributed by atoms with Gasteiger partial charge in [0.25, 0.3) is 0 Å². The highest BCUT2D eigenvalue weighted by atomic mass is 35.5. The van der Waals surface area contributed by atoms with Gasteiger partial charge in [-0.2, -0.15) is 8.78 Å². The van der Waals surface area contributed by atoms with Crippen LogP contribution in [0.5, 0.6) is 5.88 Å². The van der Waals surface area contributed by atoms with Crippen molar-refractivity contribution >= 4 is 22.4 Å². The topological polar surface area (TPSA) is 22.1 Å². The summed E-state index contributed by atoms with van der Waals surface area (Å²) in [4.78, 5) is 3.86. The first-order chi connectivity index (χ1) is 9.45. The molecule has 0 radical (unpaired) electrons. The van der Waals surface area contributed by atoms with Gasteiger partial charge in [-0.1, -0.05) is 18.2 Å². The van der Waals surface area contributed by atoms with Crippen LogP contribution in [0, 0.1) is 0 Å². The molecule has 2 nitrogen and oxygen atoms in total. The third-order valence-corrected chi connectivity index (χ3v) is 2.99. The molecule has 0 saturated carbocycles. The number of benzene rings is 1. The lowest BCUT2D eigenvalue weighted by molar-refractivity contribution is -0.148. The maximum atomic E-state index is 12.9. The van der Waals surface area contributed by atoms with Crippen molar-refractivity contribution in [2.75, 3.05) is 6.61 Å². The van der Waals surface area contributed by atoms with Gasteiger partial charge in [-0.25, -0.2) is 13.8 Å². The number of rotatable bonds is 5. The molecule has 1 aromatic carbocycles. The lowest BCUT2D eigenvalue weighted by Crippen LogP contribution is -2.33. The van der Waals surface area contributed by atoms with Crippen LogP contribution in [0.3, 0.4) is 0 Å². The van der Waals surface area contributed by atoms with E-state index in [4.69, 9.17) is 16.3 Å². The van der Waals surface area contributed by atoms with E-state index in [9.17, 15) is 17.6 Å². The summed E-state index contributed by atoms with van der Waals surface area (Å²) in [6, 6.07) is 6.75. The molecule has 1 heterocycles. The number of fused-ring (bicyclic) bond motifs is 1. The first kappa shape index (κ1) is 14.8. The van der Waals surface area contributed by atoms with Crippen LogP contribution < -0.4 is 4.74 Å². The molecular formula is C13H10ClF4NO. The molecule has 2 rings (SSSR count). The van der Waals surface area contributed by atoms with E-state index in [0.717, 1.165) is 0 Å². The van der Waals surface area contributed by atoms with E-state index < -0.39 is 19.0 Å². The lowest BCUT2D eigenvalue weighted by Gasteiger charge is -2.16. The number of nitrogens with zero attached hydrogens (tertiary/aromatic N) is 1. The van der Waals surface area contributed by atoms with Gasteiger partial charge < -0.3 is 4.74 Å². The molecule has 0 aliphatic rings. The molecule has 1 aromatic heterocycles. The van der Waals surface area contributed by atoms with E-state index in [0.29, 0.717) is 16.3 Å². The van der Waals surface area contributed by atoms with Crippen LogP contribution in [0.4, 0.5) is 17.6 Å². The Morgan fingerprint density at radius 1 is 1.20 bits per heavy atom. The molecule has 7 heteroatoms.